The maximum absolute atomic E-state index is 5.69. The Kier molecular flexibility index (Phi) is 3.39. The molecule has 2 N–H and O–H groups in total. The van der Waals surface area contributed by atoms with Crippen molar-refractivity contribution in [2.24, 2.45) is 11.7 Å². The molecule has 1 aliphatic carbocycles. The third-order valence-electron chi connectivity index (χ3n) is 2.72. The van der Waals surface area contributed by atoms with Gasteiger partial charge in [-0.2, -0.15) is 0 Å². The summed E-state index contributed by atoms with van der Waals surface area (Å²) in [6.07, 6.45) is 6.56. The van der Waals surface area contributed by atoms with Gasteiger partial charge in [0.1, 0.15) is 6.10 Å². The van der Waals surface area contributed by atoms with Gasteiger partial charge in [-0.15, -0.1) is 0 Å². The molecule has 16 heavy (non-hydrogen) atoms. The van der Waals surface area contributed by atoms with Crippen molar-refractivity contribution < 1.29 is 4.74 Å². The van der Waals surface area contributed by atoms with Crippen molar-refractivity contribution in [3.63, 3.8) is 0 Å². The minimum absolute atomic E-state index is 0.236. The van der Waals surface area contributed by atoms with E-state index in [1.807, 2.05) is 0 Å². The van der Waals surface area contributed by atoms with Crippen LogP contribution in [0.5, 0.6) is 5.88 Å². The van der Waals surface area contributed by atoms with E-state index in [1.165, 1.54) is 0 Å². The molecule has 2 rings (SSSR count). The van der Waals surface area contributed by atoms with Crippen molar-refractivity contribution in [1.29, 1.82) is 0 Å². The number of rotatable bonds is 4. The first-order valence-electron chi connectivity index (χ1n) is 5.86. The maximum Gasteiger partial charge on any atom is 0.232 e. The van der Waals surface area contributed by atoms with Crippen LogP contribution in [0.2, 0.25) is 0 Å². The molecule has 4 heteroatoms. The Balaban J connectivity index is 1.87. The molecule has 0 unspecified atom stereocenters. The first-order chi connectivity index (χ1) is 7.63. The Morgan fingerprint density at radius 2 is 2.12 bits per heavy atom. The molecule has 0 saturated heterocycles. The molecule has 1 saturated carbocycles. The minimum atomic E-state index is 0.236. The van der Waals surface area contributed by atoms with Gasteiger partial charge in [0.15, 0.2) is 0 Å². The van der Waals surface area contributed by atoms with Crippen LogP contribution < -0.4 is 10.5 Å². The normalized spacial score (nSPS) is 24.2. The Morgan fingerprint density at radius 3 is 2.62 bits per heavy atom. The molecule has 88 valence electrons. The fourth-order valence-electron chi connectivity index (χ4n) is 1.80. The van der Waals surface area contributed by atoms with Crippen LogP contribution in [-0.2, 0) is 6.42 Å². The lowest BCUT2D eigenvalue weighted by atomic mass is 9.90. The Labute approximate surface area is 96.2 Å². The smallest absolute Gasteiger partial charge is 0.232 e. The topological polar surface area (TPSA) is 61.0 Å². The van der Waals surface area contributed by atoms with Gasteiger partial charge in [-0.3, -0.25) is 4.98 Å². The van der Waals surface area contributed by atoms with Gasteiger partial charge < -0.3 is 10.5 Å². The predicted molar refractivity (Wildman–Crippen MR) is 62.2 cm³/mol. The molecule has 0 bridgehead atoms. The van der Waals surface area contributed by atoms with Crippen LogP contribution >= 0.6 is 0 Å². The van der Waals surface area contributed by atoms with Gasteiger partial charge in [0.25, 0.3) is 0 Å². The Morgan fingerprint density at radius 1 is 1.38 bits per heavy atom. The highest BCUT2D eigenvalue weighted by atomic mass is 16.5. The van der Waals surface area contributed by atoms with Gasteiger partial charge >= 0.3 is 0 Å². The van der Waals surface area contributed by atoms with Crippen LogP contribution in [-0.4, -0.2) is 22.1 Å². The van der Waals surface area contributed by atoms with Crippen molar-refractivity contribution in [3.05, 3.63) is 18.1 Å². The van der Waals surface area contributed by atoms with E-state index < -0.39 is 0 Å². The van der Waals surface area contributed by atoms with Crippen LogP contribution in [0, 0.1) is 5.92 Å². The van der Waals surface area contributed by atoms with Crippen molar-refractivity contribution >= 4 is 0 Å². The van der Waals surface area contributed by atoms with E-state index in [0.717, 1.165) is 25.0 Å². The maximum atomic E-state index is 5.69. The first kappa shape index (κ1) is 11.3. The molecule has 1 fully saturated rings. The molecular weight excluding hydrogens is 202 g/mol. The van der Waals surface area contributed by atoms with Crippen LogP contribution in [0.25, 0.3) is 0 Å². The fraction of sp³-hybridized carbons (Fsp3) is 0.667. The van der Waals surface area contributed by atoms with Gasteiger partial charge in [-0.1, -0.05) is 13.8 Å². The molecule has 0 aliphatic heterocycles. The molecular formula is C12H19N3O. The molecule has 0 amide bonds. The van der Waals surface area contributed by atoms with Gasteiger partial charge in [-0.05, 0) is 25.2 Å². The molecule has 1 heterocycles. The number of aromatic nitrogens is 2. The molecule has 0 spiro atoms. The highest BCUT2D eigenvalue weighted by Gasteiger charge is 2.27. The second kappa shape index (κ2) is 4.78. The van der Waals surface area contributed by atoms with E-state index in [2.05, 4.69) is 23.8 Å². The average molecular weight is 221 g/mol. The SMILES string of the molecule is CC(C)Cc1cnc(OC2CC(N)C2)cn1. The minimum Gasteiger partial charge on any atom is -0.473 e. The third-order valence-corrected chi connectivity index (χ3v) is 2.72. The number of nitrogens with two attached hydrogens (primary N) is 1. The summed E-state index contributed by atoms with van der Waals surface area (Å²) in [4.78, 5) is 8.58. The van der Waals surface area contributed by atoms with E-state index in [4.69, 9.17) is 10.5 Å². The number of nitrogens with zero attached hydrogens (tertiary/aromatic N) is 2. The van der Waals surface area contributed by atoms with Crippen LogP contribution in [0.3, 0.4) is 0 Å². The number of ether oxygens (including phenoxy) is 1. The summed E-state index contributed by atoms with van der Waals surface area (Å²) in [5, 5.41) is 0. The second-order valence-corrected chi connectivity index (χ2v) is 4.92. The summed E-state index contributed by atoms with van der Waals surface area (Å²) in [7, 11) is 0. The highest BCUT2D eigenvalue weighted by Crippen LogP contribution is 2.22. The Hall–Kier alpha value is -1.16. The summed E-state index contributed by atoms with van der Waals surface area (Å²) in [5.74, 6) is 1.22. The summed E-state index contributed by atoms with van der Waals surface area (Å²) >= 11 is 0. The van der Waals surface area contributed by atoms with E-state index in [1.54, 1.807) is 12.4 Å². The summed E-state index contributed by atoms with van der Waals surface area (Å²) < 4.78 is 5.63. The lowest BCUT2D eigenvalue weighted by molar-refractivity contribution is 0.0953. The predicted octanol–water partition coefficient (Wildman–Crippen LogP) is 1.54. The number of hydrogen-bond donors (Lipinski definition) is 1. The first-order valence-corrected chi connectivity index (χ1v) is 5.86. The average Bonchev–Trinajstić information content (AvgIpc) is 2.18. The molecule has 0 atom stereocenters. The van der Waals surface area contributed by atoms with Crippen molar-refractivity contribution in [2.45, 2.75) is 45.3 Å². The highest BCUT2D eigenvalue weighted by molar-refractivity contribution is 5.09. The van der Waals surface area contributed by atoms with Gasteiger partial charge in [-0.25, -0.2) is 4.98 Å². The van der Waals surface area contributed by atoms with E-state index in [0.29, 0.717) is 17.8 Å². The molecule has 0 radical (unpaired) electrons. The summed E-state index contributed by atoms with van der Waals surface area (Å²) in [6, 6.07) is 0.304. The third kappa shape index (κ3) is 2.92. The molecule has 1 aromatic heterocycles. The largest absolute Gasteiger partial charge is 0.473 e. The van der Waals surface area contributed by atoms with Crippen molar-refractivity contribution in [2.75, 3.05) is 0 Å². The van der Waals surface area contributed by atoms with Crippen molar-refractivity contribution in [3.8, 4) is 5.88 Å². The van der Waals surface area contributed by atoms with E-state index in [-0.39, 0.29) is 6.10 Å². The van der Waals surface area contributed by atoms with Crippen molar-refractivity contribution in [1.82, 2.24) is 9.97 Å². The molecule has 0 aromatic carbocycles. The quantitative estimate of drug-likeness (QED) is 0.837. The van der Waals surface area contributed by atoms with E-state index in [9.17, 15) is 0 Å². The fourth-order valence-corrected chi connectivity index (χ4v) is 1.80. The second-order valence-electron chi connectivity index (χ2n) is 4.92. The van der Waals surface area contributed by atoms with Gasteiger partial charge in [0.05, 0.1) is 18.1 Å². The monoisotopic (exact) mass is 221 g/mol. The summed E-state index contributed by atoms with van der Waals surface area (Å²) in [6.45, 7) is 4.34. The zero-order valence-electron chi connectivity index (χ0n) is 9.89. The number of hydrogen-bond acceptors (Lipinski definition) is 4. The Bertz CT molecular complexity index is 331. The molecule has 4 nitrogen and oxygen atoms in total. The van der Waals surface area contributed by atoms with Crippen LogP contribution in [0.1, 0.15) is 32.4 Å². The lowest BCUT2D eigenvalue weighted by Crippen LogP contribution is -2.43. The van der Waals surface area contributed by atoms with Crippen LogP contribution in [0.4, 0.5) is 0 Å². The zero-order valence-corrected chi connectivity index (χ0v) is 9.89. The van der Waals surface area contributed by atoms with Gasteiger partial charge in [0.2, 0.25) is 5.88 Å². The van der Waals surface area contributed by atoms with E-state index >= 15 is 0 Å². The lowest BCUT2D eigenvalue weighted by Gasteiger charge is -2.31. The molecule has 1 aromatic rings. The molecule has 1 aliphatic rings. The van der Waals surface area contributed by atoms with Gasteiger partial charge in [0, 0.05) is 6.04 Å². The van der Waals surface area contributed by atoms with Crippen LogP contribution in [0.15, 0.2) is 12.4 Å². The standard InChI is InChI=1S/C12H19N3O/c1-8(2)3-10-6-15-12(7-14-10)16-11-4-9(13)5-11/h6-9,11H,3-5,13H2,1-2H3. The summed E-state index contributed by atoms with van der Waals surface area (Å²) in [5.41, 5.74) is 6.71. The zero-order chi connectivity index (χ0) is 11.5.